The first-order chi connectivity index (χ1) is 9.52. The number of anilines is 2. The van der Waals surface area contributed by atoms with Crippen LogP contribution in [0.15, 0.2) is 33.4 Å². The zero-order chi connectivity index (χ0) is 14.3. The molecule has 0 bridgehead atoms. The van der Waals surface area contributed by atoms with Crippen LogP contribution in [0.5, 0.6) is 0 Å². The van der Waals surface area contributed by atoms with Crippen LogP contribution in [0.4, 0.5) is 11.4 Å². The number of amides is 2. The Morgan fingerprint density at radius 3 is 2.90 bits per heavy atom. The molecule has 1 aliphatic rings. The maximum Gasteiger partial charge on any atom is 0.291 e. The maximum atomic E-state index is 12.0. The Hall–Kier alpha value is -1.79. The first kappa shape index (κ1) is 13.2. The highest BCUT2D eigenvalue weighted by molar-refractivity contribution is 9.10. The van der Waals surface area contributed by atoms with Gasteiger partial charge in [-0.3, -0.25) is 9.59 Å². The van der Waals surface area contributed by atoms with Crippen molar-refractivity contribution in [1.29, 1.82) is 0 Å². The van der Waals surface area contributed by atoms with Crippen LogP contribution in [-0.2, 0) is 11.2 Å². The van der Waals surface area contributed by atoms with E-state index < -0.39 is 5.91 Å². The van der Waals surface area contributed by atoms with E-state index in [1.807, 2.05) is 0 Å². The van der Waals surface area contributed by atoms with Crippen LogP contribution < -0.4 is 10.6 Å². The van der Waals surface area contributed by atoms with Gasteiger partial charge in [0.05, 0.1) is 17.1 Å². The minimum atomic E-state index is -0.408. The van der Waals surface area contributed by atoms with E-state index in [1.54, 1.807) is 24.3 Å². The average molecular weight is 356 g/mol. The molecule has 0 spiro atoms. The van der Waals surface area contributed by atoms with Crippen molar-refractivity contribution in [2.45, 2.75) is 6.42 Å². The van der Waals surface area contributed by atoms with Crippen LogP contribution in [0.1, 0.15) is 16.1 Å². The molecular weight excluding hydrogens is 348 g/mol. The highest BCUT2D eigenvalue weighted by atomic mass is 79.9. The maximum absolute atomic E-state index is 12.0. The number of rotatable bonds is 2. The third-order valence-electron chi connectivity index (χ3n) is 2.86. The predicted octanol–water partition coefficient (Wildman–Crippen LogP) is 3.44. The Balaban J connectivity index is 1.86. The van der Waals surface area contributed by atoms with Crippen LogP contribution in [-0.4, -0.2) is 11.8 Å². The molecule has 1 aromatic heterocycles. The Morgan fingerprint density at radius 2 is 2.20 bits per heavy atom. The van der Waals surface area contributed by atoms with E-state index in [4.69, 9.17) is 16.0 Å². The number of nitrogens with one attached hydrogen (secondary N) is 2. The van der Waals surface area contributed by atoms with Crippen molar-refractivity contribution in [2.24, 2.45) is 0 Å². The molecule has 1 aromatic carbocycles. The summed E-state index contributed by atoms with van der Waals surface area (Å²) in [7, 11) is 0. The Labute approximate surface area is 127 Å². The van der Waals surface area contributed by atoms with Gasteiger partial charge in [0.25, 0.3) is 5.91 Å². The first-order valence-corrected chi connectivity index (χ1v) is 6.89. The van der Waals surface area contributed by atoms with E-state index in [2.05, 4.69) is 26.6 Å². The predicted molar refractivity (Wildman–Crippen MR) is 78.1 cm³/mol. The second-order valence-electron chi connectivity index (χ2n) is 4.27. The summed E-state index contributed by atoms with van der Waals surface area (Å²) in [4.78, 5) is 23.3. The molecule has 2 amide bonds. The second kappa shape index (κ2) is 4.96. The van der Waals surface area contributed by atoms with Crippen LogP contribution in [0.25, 0.3) is 0 Å². The minimum absolute atomic E-state index is 0.0884. The SMILES string of the molecule is O=C1Cc2cc(NC(=O)c3ccc(Br)o3)c(Cl)cc2N1. The van der Waals surface area contributed by atoms with Gasteiger partial charge in [-0.1, -0.05) is 11.6 Å². The molecule has 0 atom stereocenters. The molecule has 0 saturated heterocycles. The fraction of sp³-hybridized carbons (Fsp3) is 0.0769. The third-order valence-corrected chi connectivity index (χ3v) is 3.60. The molecule has 1 aliphatic heterocycles. The summed E-state index contributed by atoms with van der Waals surface area (Å²) < 4.78 is 5.63. The van der Waals surface area contributed by atoms with E-state index in [-0.39, 0.29) is 18.1 Å². The number of hydrogen-bond acceptors (Lipinski definition) is 3. The molecule has 0 unspecified atom stereocenters. The van der Waals surface area contributed by atoms with Gasteiger partial charge in [0, 0.05) is 5.69 Å². The lowest BCUT2D eigenvalue weighted by molar-refractivity contribution is -0.115. The van der Waals surface area contributed by atoms with Crippen LogP contribution in [0.3, 0.4) is 0 Å². The molecule has 0 saturated carbocycles. The lowest BCUT2D eigenvalue weighted by Crippen LogP contribution is -2.11. The fourth-order valence-electron chi connectivity index (χ4n) is 1.96. The van der Waals surface area contributed by atoms with Crippen molar-refractivity contribution >= 4 is 50.7 Å². The zero-order valence-electron chi connectivity index (χ0n) is 10.00. The highest BCUT2D eigenvalue weighted by Gasteiger charge is 2.21. The summed E-state index contributed by atoms with van der Waals surface area (Å²) in [6.45, 7) is 0. The van der Waals surface area contributed by atoms with E-state index in [9.17, 15) is 9.59 Å². The Kier molecular flexibility index (Phi) is 3.27. The minimum Gasteiger partial charge on any atom is -0.444 e. The zero-order valence-corrected chi connectivity index (χ0v) is 12.3. The van der Waals surface area contributed by atoms with Crippen LogP contribution in [0, 0.1) is 0 Å². The van der Waals surface area contributed by atoms with E-state index in [1.165, 1.54) is 0 Å². The summed E-state index contributed by atoms with van der Waals surface area (Å²) in [6.07, 6.45) is 0.279. The van der Waals surface area contributed by atoms with Crippen molar-refractivity contribution in [1.82, 2.24) is 0 Å². The summed E-state index contributed by atoms with van der Waals surface area (Å²) in [5.41, 5.74) is 1.92. The molecule has 2 aromatic rings. The molecule has 0 aliphatic carbocycles. The lowest BCUT2D eigenvalue weighted by Gasteiger charge is -2.08. The summed E-state index contributed by atoms with van der Waals surface area (Å²) in [6, 6.07) is 6.48. The third kappa shape index (κ3) is 2.44. The van der Waals surface area contributed by atoms with Crippen LogP contribution >= 0.6 is 27.5 Å². The smallest absolute Gasteiger partial charge is 0.291 e. The number of furan rings is 1. The number of fused-ring (bicyclic) bond motifs is 1. The quantitative estimate of drug-likeness (QED) is 0.867. The Bertz CT molecular complexity index is 726. The molecular formula is C13H8BrClN2O3. The fourth-order valence-corrected chi connectivity index (χ4v) is 2.48. The molecule has 0 radical (unpaired) electrons. The summed E-state index contributed by atoms with van der Waals surface area (Å²) in [5, 5.41) is 5.70. The standard InChI is InChI=1S/C13H8BrClN2O3/c14-11-2-1-10(20-11)13(19)17-9-3-6-4-12(18)16-8(6)5-7(9)15/h1-3,5H,4H2,(H,16,18)(H,17,19). The largest absolute Gasteiger partial charge is 0.444 e. The monoisotopic (exact) mass is 354 g/mol. The van der Waals surface area contributed by atoms with Gasteiger partial charge in [-0.25, -0.2) is 0 Å². The van der Waals surface area contributed by atoms with Crippen molar-refractivity contribution in [3.8, 4) is 0 Å². The van der Waals surface area contributed by atoms with E-state index in [0.29, 0.717) is 21.1 Å². The van der Waals surface area contributed by atoms with Gasteiger partial charge >= 0.3 is 0 Å². The molecule has 7 heteroatoms. The van der Waals surface area contributed by atoms with Crippen molar-refractivity contribution in [2.75, 3.05) is 10.6 Å². The number of carbonyl (C=O) groups excluding carboxylic acids is 2. The van der Waals surface area contributed by atoms with Crippen LogP contribution in [0.2, 0.25) is 5.02 Å². The normalized spacial score (nSPS) is 13.0. The summed E-state index contributed by atoms with van der Waals surface area (Å²) >= 11 is 9.22. The lowest BCUT2D eigenvalue weighted by atomic mass is 10.1. The molecule has 102 valence electrons. The number of carbonyl (C=O) groups is 2. The van der Waals surface area contributed by atoms with Gasteiger partial charge in [0.15, 0.2) is 10.4 Å². The number of benzene rings is 1. The van der Waals surface area contributed by atoms with Gasteiger partial charge in [0.2, 0.25) is 5.91 Å². The van der Waals surface area contributed by atoms with E-state index >= 15 is 0 Å². The number of halogens is 2. The summed E-state index contributed by atoms with van der Waals surface area (Å²) in [5.74, 6) is -0.327. The molecule has 0 fully saturated rings. The van der Waals surface area contributed by atoms with Gasteiger partial charge in [-0.15, -0.1) is 0 Å². The van der Waals surface area contributed by atoms with Crippen molar-refractivity contribution in [3.05, 3.63) is 45.3 Å². The number of hydrogen-bond donors (Lipinski definition) is 2. The Morgan fingerprint density at radius 1 is 1.40 bits per heavy atom. The van der Waals surface area contributed by atoms with Gasteiger partial charge in [-0.05, 0) is 45.8 Å². The molecule has 3 rings (SSSR count). The van der Waals surface area contributed by atoms with Gasteiger partial charge in [0.1, 0.15) is 0 Å². The van der Waals surface area contributed by atoms with Gasteiger partial charge in [-0.2, -0.15) is 0 Å². The topological polar surface area (TPSA) is 71.3 Å². The first-order valence-electron chi connectivity index (χ1n) is 5.72. The second-order valence-corrected chi connectivity index (χ2v) is 5.46. The molecule has 20 heavy (non-hydrogen) atoms. The van der Waals surface area contributed by atoms with Crippen molar-refractivity contribution in [3.63, 3.8) is 0 Å². The van der Waals surface area contributed by atoms with E-state index in [0.717, 1.165) is 5.56 Å². The molecule has 2 N–H and O–H groups in total. The highest BCUT2D eigenvalue weighted by Crippen LogP contribution is 2.33. The molecule has 5 nitrogen and oxygen atoms in total. The average Bonchev–Trinajstić information content (AvgIpc) is 2.95. The van der Waals surface area contributed by atoms with Gasteiger partial charge < -0.3 is 15.1 Å². The molecule has 2 heterocycles. The van der Waals surface area contributed by atoms with Crippen molar-refractivity contribution < 1.29 is 14.0 Å².